The molecule has 0 saturated heterocycles. The third-order valence-electron chi connectivity index (χ3n) is 2.72. The topological polar surface area (TPSA) is 97.8 Å². The van der Waals surface area contributed by atoms with Gasteiger partial charge in [0.25, 0.3) is 5.91 Å². The third kappa shape index (κ3) is 4.96. The van der Waals surface area contributed by atoms with Crippen LogP contribution in [0.2, 0.25) is 0 Å². The number of carbonyl (C=O) groups excluding carboxylic acids is 1. The minimum absolute atomic E-state index is 0.0267. The molecule has 2 aromatic rings. The molecule has 0 spiro atoms. The molecule has 0 bridgehead atoms. The van der Waals surface area contributed by atoms with Crippen LogP contribution in [-0.2, 0) is 11.3 Å². The van der Waals surface area contributed by atoms with Gasteiger partial charge < -0.3 is 19.9 Å². The summed E-state index contributed by atoms with van der Waals surface area (Å²) in [4.78, 5) is 26.4. The lowest BCUT2D eigenvalue weighted by molar-refractivity contribution is -0.123. The van der Waals surface area contributed by atoms with E-state index in [2.05, 4.69) is 10.3 Å². The van der Waals surface area contributed by atoms with E-state index in [1.165, 1.54) is 16.7 Å². The number of rotatable bonds is 8. The van der Waals surface area contributed by atoms with Crippen LogP contribution in [0.3, 0.4) is 0 Å². The van der Waals surface area contributed by atoms with Crippen LogP contribution in [0.15, 0.2) is 29.6 Å². The number of carboxylic acid groups (broad SMARTS) is 1. The lowest BCUT2D eigenvalue weighted by atomic mass is 10.3. The zero-order valence-electron chi connectivity index (χ0n) is 12.4. The Hall–Kier alpha value is -2.61. The second kappa shape index (κ2) is 8.14. The number of nitrogens with zero attached hydrogens (tertiary/aromatic N) is 1. The van der Waals surface area contributed by atoms with E-state index >= 15 is 0 Å². The maximum absolute atomic E-state index is 11.8. The van der Waals surface area contributed by atoms with Crippen LogP contribution in [0, 0.1) is 0 Å². The summed E-state index contributed by atoms with van der Waals surface area (Å²) in [6.07, 6.45) is 0. The van der Waals surface area contributed by atoms with Crippen LogP contribution in [-0.4, -0.2) is 35.2 Å². The number of nitrogens with one attached hydrogen (secondary N) is 1. The summed E-state index contributed by atoms with van der Waals surface area (Å²) >= 11 is 1.18. The maximum Gasteiger partial charge on any atom is 0.355 e. The quantitative estimate of drug-likeness (QED) is 0.764. The molecule has 1 amide bonds. The number of benzene rings is 1. The summed E-state index contributed by atoms with van der Waals surface area (Å²) < 4.78 is 10.8. The normalized spacial score (nSPS) is 10.1. The molecule has 0 saturated carbocycles. The van der Waals surface area contributed by atoms with Gasteiger partial charge in [0.2, 0.25) is 0 Å². The fourth-order valence-corrected chi connectivity index (χ4v) is 2.41. The Balaban J connectivity index is 1.82. The second-order valence-electron chi connectivity index (χ2n) is 4.38. The van der Waals surface area contributed by atoms with Gasteiger partial charge in [-0.1, -0.05) is 12.1 Å². The van der Waals surface area contributed by atoms with Crippen molar-refractivity contribution in [2.24, 2.45) is 0 Å². The molecule has 1 aromatic carbocycles. The van der Waals surface area contributed by atoms with Gasteiger partial charge in [-0.05, 0) is 19.1 Å². The average molecular weight is 336 g/mol. The Morgan fingerprint density at radius 2 is 1.96 bits per heavy atom. The van der Waals surface area contributed by atoms with Crippen LogP contribution >= 0.6 is 11.3 Å². The van der Waals surface area contributed by atoms with Crippen LogP contribution in [0.5, 0.6) is 11.5 Å². The molecule has 122 valence electrons. The van der Waals surface area contributed by atoms with Crippen molar-refractivity contribution in [3.63, 3.8) is 0 Å². The van der Waals surface area contributed by atoms with Crippen molar-refractivity contribution in [3.05, 3.63) is 40.3 Å². The van der Waals surface area contributed by atoms with E-state index in [0.29, 0.717) is 23.1 Å². The van der Waals surface area contributed by atoms with Gasteiger partial charge in [-0.25, -0.2) is 9.78 Å². The molecule has 0 atom stereocenters. The summed E-state index contributed by atoms with van der Waals surface area (Å²) in [5.74, 6) is -0.348. The number of para-hydroxylation sites is 2. The summed E-state index contributed by atoms with van der Waals surface area (Å²) in [6, 6.07) is 7.09. The van der Waals surface area contributed by atoms with Crippen molar-refractivity contribution in [3.8, 4) is 11.5 Å². The minimum atomic E-state index is -1.09. The SMILES string of the molecule is CCOc1ccccc1OCC(=O)NCc1nc(C(=O)O)cs1. The second-order valence-corrected chi connectivity index (χ2v) is 5.32. The average Bonchev–Trinajstić information content (AvgIpc) is 3.01. The molecule has 1 heterocycles. The zero-order chi connectivity index (χ0) is 16.7. The maximum atomic E-state index is 11.8. The number of thiazole rings is 1. The Bertz CT molecular complexity index is 686. The highest BCUT2D eigenvalue weighted by Gasteiger charge is 2.10. The van der Waals surface area contributed by atoms with Crippen molar-refractivity contribution in [1.82, 2.24) is 10.3 Å². The van der Waals surface area contributed by atoms with Gasteiger partial charge in [-0.2, -0.15) is 0 Å². The van der Waals surface area contributed by atoms with Gasteiger partial charge >= 0.3 is 5.97 Å². The van der Waals surface area contributed by atoms with Gasteiger partial charge in [0.05, 0.1) is 13.2 Å². The van der Waals surface area contributed by atoms with Crippen molar-refractivity contribution in [1.29, 1.82) is 0 Å². The minimum Gasteiger partial charge on any atom is -0.490 e. The molecule has 7 nitrogen and oxygen atoms in total. The van der Waals surface area contributed by atoms with Crippen molar-refractivity contribution >= 4 is 23.2 Å². The van der Waals surface area contributed by atoms with E-state index in [9.17, 15) is 9.59 Å². The van der Waals surface area contributed by atoms with Crippen LogP contribution < -0.4 is 14.8 Å². The molecule has 8 heteroatoms. The Morgan fingerprint density at radius 1 is 1.26 bits per heavy atom. The highest BCUT2D eigenvalue weighted by atomic mass is 32.1. The Kier molecular flexibility index (Phi) is 5.93. The van der Waals surface area contributed by atoms with Gasteiger partial charge in [-0.3, -0.25) is 4.79 Å². The van der Waals surface area contributed by atoms with E-state index in [0.717, 1.165) is 0 Å². The largest absolute Gasteiger partial charge is 0.490 e. The molecule has 0 unspecified atom stereocenters. The number of ether oxygens (including phenoxy) is 2. The summed E-state index contributed by atoms with van der Waals surface area (Å²) in [5.41, 5.74) is -0.0267. The van der Waals surface area contributed by atoms with E-state index in [1.54, 1.807) is 18.2 Å². The van der Waals surface area contributed by atoms with Crippen LogP contribution in [0.1, 0.15) is 22.4 Å². The molecule has 0 aliphatic carbocycles. The molecular weight excluding hydrogens is 320 g/mol. The first-order valence-electron chi connectivity index (χ1n) is 6.89. The third-order valence-corrected chi connectivity index (χ3v) is 3.56. The smallest absolute Gasteiger partial charge is 0.355 e. The highest BCUT2D eigenvalue weighted by Crippen LogP contribution is 2.26. The predicted octanol–water partition coefficient (Wildman–Crippen LogP) is 1.94. The molecule has 0 aliphatic rings. The number of carbonyl (C=O) groups is 2. The molecule has 2 N–H and O–H groups in total. The Morgan fingerprint density at radius 3 is 2.57 bits per heavy atom. The number of aromatic nitrogens is 1. The standard InChI is InChI=1S/C15H16N2O5S/c1-2-21-11-5-3-4-6-12(11)22-8-13(18)16-7-14-17-10(9-23-14)15(19)20/h3-6,9H,2,7-8H2,1H3,(H,16,18)(H,19,20). The molecule has 1 aromatic heterocycles. The van der Waals surface area contributed by atoms with Gasteiger partial charge in [0, 0.05) is 5.38 Å². The fraction of sp³-hybridized carbons (Fsp3) is 0.267. The first-order chi connectivity index (χ1) is 11.1. The van der Waals surface area contributed by atoms with Gasteiger partial charge in [0.1, 0.15) is 5.01 Å². The number of hydrogen-bond acceptors (Lipinski definition) is 6. The zero-order valence-corrected chi connectivity index (χ0v) is 13.3. The predicted molar refractivity (Wildman–Crippen MR) is 84.0 cm³/mol. The van der Waals surface area contributed by atoms with E-state index in [1.807, 2.05) is 13.0 Å². The van der Waals surface area contributed by atoms with E-state index < -0.39 is 5.97 Å². The molecule has 2 rings (SSSR count). The van der Waals surface area contributed by atoms with E-state index in [-0.39, 0.29) is 24.8 Å². The first-order valence-corrected chi connectivity index (χ1v) is 7.77. The van der Waals surface area contributed by atoms with Gasteiger partial charge in [-0.15, -0.1) is 11.3 Å². The van der Waals surface area contributed by atoms with Crippen molar-refractivity contribution in [2.45, 2.75) is 13.5 Å². The summed E-state index contributed by atoms with van der Waals surface area (Å²) in [7, 11) is 0. The monoisotopic (exact) mass is 336 g/mol. The number of hydrogen-bond donors (Lipinski definition) is 2. The molecule has 0 fully saturated rings. The van der Waals surface area contributed by atoms with Crippen molar-refractivity contribution < 1.29 is 24.2 Å². The van der Waals surface area contributed by atoms with E-state index in [4.69, 9.17) is 14.6 Å². The number of amides is 1. The molecule has 0 radical (unpaired) electrons. The lowest BCUT2D eigenvalue weighted by Crippen LogP contribution is -2.28. The molecule has 0 aliphatic heterocycles. The van der Waals surface area contributed by atoms with Crippen molar-refractivity contribution in [2.75, 3.05) is 13.2 Å². The summed E-state index contributed by atoms with van der Waals surface area (Å²) in [5, 5.41) is 13.4. The summed E-state index contributed by atoms with van der Waals surface area (Å²) in [6.45, 7) is 2.36. The fourth-order valence-electron chi connectivity index (χ4n) is 1.70. The van der Waals surface area contributed by atoms with Crippen LogP contribution in [0.4, 0.5) is 0 Å². The Labute approximate surface area is 136 Å². The molecule has 23 heavy (non-hydrogen) atoms. The first kappa shape index (κ1) is 16.8. The lowest BCUT2D eigenvalue weighted by Gasteiger charge is -2.11. The highest BCUT2D eigenvalue weighted by molar-refractivity contribution is 7.09. The number of aromatic carboxylic acids is 1. The number of carboxylic acids is 1. The molecular formula is C15H16N2O5S. The van der Waals surface area contributed by atoms with Gasteiger partial charge in [0.15, 0.2) is 23.8 Å². The van der Waals surface area contributed by atoms with Crippen LogP contribution in [0.25, 0.3) is 0 Å².